The van der Waals surface area contributed by atoms with Crippen LogP contribution in [-0.2, 0) is 21.2 Å². The molecule has 0 aliphatic carbocycles. The number of hydrogen-bond acceptors (Lipinski definition) is 4. The molecule has 0 amide bonds. The first-order valence-corrected chi connectivity index (χ1v) is 9.71. The second-order valence-corrected chi connectivity index (χ2v) is 8.03. The third-order valence-corrected chi connectivity index (χ3v) is 6.56. The molecule has 0 saturated carbocycles. The molecule has 25 heavy (non-hydrogen) atoms. The Labute approximate surface area is 147 Å². The van der Waals surface area contributed by atoms with Gasteiger partial charge in [0, 0.05) is 17.4 Å². The van der Waals surface area contributed by atoms with Crippen molar-refractivity contribution >= 4 is 21.7 Å². The van der Waals surface area contributed by atoms with Crippen molar-refractivity contribution in [3.8, 4) is 0 Å². The van der Waals surface area contributed by atoms with Crippen LogP contribution in [0, 0.1) is 13.8 Å². The molecule has 1 aromatic carbocycles. The van der Waals surface area contributed by atoms with Gasteiger partial charge in [-0.25, -0.2) is 13.2 Å². The first-order chi connectivity index (χ1) is 11.8. The third-order valence-electron chi connectivity index (χ3n) is 4.46. The number of H-pyrrole nitrogens is 1. The number of ether oxygens (including phenoxy) is 1. The van der Waals surface area contributed by atoms with Gasteiger partial charge in [-0.1, -0.05) is 18.2 Å². The van der Waals surface area contributed by atoms with E-state index in [1.807, 2.05) is 25.1 Å². The number of anilines is 1. The Hall–Kier alpha value is -2.28. The highest BCUT2D eigenvalue weighted by Gasteiger charge is 2.40. The average Bonchev–Trinajstić information content (AvgIpc) is 3.03. The Morgan fingerprint density at radius 2 is 1.96 bits per heavy atom. The number of nitrogens with one attached hydrogen (secondary N) is 1. The van der Waals surface area contributed by atoms with Crippen LogP contribution in [0.4, 0.5) is 5.69 Å². The monoisotopic (exact) mass is 362 g/mol. The zero-order valence-corrected chi connectivity index (χ0v) is 15.6. The van der Waals surface area contributed by atoms with Crippen molar-refractivity contribution < 1.29 is 17.9 Å². The number of benzene rings is 1. The first-order valence-electron chi connectivity index (χ1n) is 8.27. The van der Waals surface area contributed by atoms with E-state index in [1.54, 1.807) is 26.8 Å². The Bertz CT molecular complexity index is 931. The van der Waals surface area contributed by atoms with E-state index < -0.39 is 16.0 Å². The molecule has 0 saturated heterocycles. The van der Waals surface area contributed by atoms with E-state index in [1.165, 1.54) is 4.31 Å². The summed E-state index contributed by atoms with van der Waals surface area (Å²) in [5, 5.41) is 0. The number of aromatic nitrogens is 1. The molecule has 7 heteroatoms. The number of nitrogens with zero attached hydrogens (tertiary/aromatic N) is 1. The van der Waals surface area contributed by atoms with Crippen LogP contribution in [0.1, 0.15) is 41.2 Å². The highest BCUT2D eigenvalue weighted by molar-refractivity contribution is 7.93. The molecule has 0 unspecified atom stereocenters. The fraction of sp³-hybridized carbons (Fsp3) is 0.389. The lowest BCUT2D eigenvalue weighted by Gasteiger charge is -2.25. The molecular weight excluding hydrogens is 340 g/mol. The van der Waals surface area contributed by atoms with Gasteiger partial charge in [0.25, 0.3) is 10.0 Å². The first kappa shape index (κ1) is 17.5. The second-order valence-electron chi connectivity index (χ2n) is 6.28. The van der Waals surface area contributed by atoms with Crippen molar-refractivity contribution in [2.45, 2.75) is 45.1 Å². The Morgan fingerprint density at radius 3 is 2.64 bits per heavy atom. The van der Waals surface area contributed by atoms with E-state index in [-0.39, 0.29) is 23.1 Å². The van der Waals surface area contributed by atoms with Crippen molar-refractivity contribution in [2.75, 3.05) is 10.9 Å². The van der Waals surface area contributed by atoms with E-state index in [4.69, 9.17) is 4.74 Å². The number of rotatable bonds is 4. The average molecular weight is 362 g/mol. The molecule has 6 nitrogen and oxygen atoms in total. The van der Waals surface area contributed by atoms with Gasteiger partial charge in [0.2, 0.25) is 0 Å². The molecule has 2 heterocycles. The fourth-order valence-electron chi connectivity index (χ4n) is 3.53. The number of para-hydroxylation sites is 1. The van der Waals surface area contributed by atoms with Gasteiger partial charge in [0.15, 0.2) is 0 Å². The summed E-state index contributed by atoms with van der Waals surface area (Å²) in [4.78, 5) is 15.3. The van der Waals surface area contributed by atoms with E-state index in [9.17, 15) is 13.2 Å². The van der Waals surface area contributed by atoms with Crippen LogP contribution in [0.5, 0.6) is 0 Å². The summed E-state index contributed by atoms with van der Waals surface area (Å²) in [6.45, 7) is 7.09. The zero-order valence-electron chi connectivity index (χ0n) is 14.8. The van der Waals surface area contributed by atoms with Crippen molar-refractivity contribution in [3.63, 3.8) is 0 Å². The van der Waals surface area contributed by atoms with Gasteiger partial charge >= 0.3 is 5.97 Å². The summed E-state index contributed by atoms with van der Waals surface area (Å²) < 4.78 is 33.4. The number of carbonyl (C=O) groups is 1. The Balaban J connectivity index is 2.18. The molecule has 0 bridgehead atoms. The summed E-state index contributed by atoms with van der Waals surface area (Å²) in [6.07, 6.45) is 0.645. The number of carbonyl (C=O) groups excluding carboxylic acids is 1. The van der Waals surface area contributed by atoms with Crippen molar-refractivity contribution in [1.29, 1.82) is 0 Å². The number of aromatic amines is 1. The maximum atomic E-state index is 13.5. The summed E-state index contributed by atoms with van der Waals surface area (Å²) >= 11 is 0. The lowest BCUT2D eigenvalue weighted by molar-refractivity contribution is 0.0521. The lowest BCUT2D eigenvalue weighted by atomic mass is 10.1. The maximum absolute atomic E-state index is 13.5. The van der Waals surface area contributed by atoms with Gasteiger partial charge in [-0.05, 0) is 45.7 Å². The number of hydrogen-bond donors (Lipinski definition) is 1. The molecule has 1 aliphatic rings. The predicted molar refractivity (Wildman–Crippen MR) is 95.5 cm³/mol. The Morgan fingerprint density at radius 1 is 1.28 bits per heavy atom. The zero-order chi connectivity index (χ0) is 18.4. The van der Waals surface area contributed by atoms with Gasteiger partial charge in [-0.2, -0.15) is 0 Å². The lowest BCUT2D eigenvalue weighted by Crippen LogP contribution is -2.36. The molecule has 1 N–H and O–H groups in total. The van der Waals surface area contributed by atoms with Gasteiger partial charge in [-0.3, -0.25) is 4.31 Å². The topological polar surface area (TPSA) is 79.5 Å². The smallest absolute Gasteiger partial charge is 0.341 e. The quantitative estimate of drug-likeness (QED) is 0.848. The largest absolute Gasteiger partial charge is 0.462 e. The number of aryl methyl sites for hydroxylation is 2. The van der Waals surface area contributed by atoms with Gasteiger partial charge in [-0.15, -0.1) is 0 Å². The third kappa shape index (κ3) is 2.72. The highest BCUT2D eigenvalue weighted by atomic mass is 32.2. The molecule has 0 spiro atoms. The number of fused-ring (bicyclic) bond motifs is 1. The van der Waals surface area contributed by atoms with Crippen molar-refractivity contribution in [3.05, 3.63) is 46.8 Å². The Kier molecular flexibility index (Phi) is 4.36. The fourth-order valence-corrected chi connectivity index (χ4v) is 5.65. The molecule has 3 rings (SSSR count). The summed E-state index contributed by atoms with van der Waals surface area (Å²) in [5.74, 6) is -0.622. The predicted octanol–water partition coefficient (Wildman–Crippen LogP) is 2.95. The van der Waals surface area contributed by atoms with Crippen molar-refractivity contribution in [2.24, 2.45) is 0 Å². The molecule has 1 aromatic heterocycles. The van der Waals surface area contributed by atoms with Crippen LogP contribution in [-0.4, -0.2) is 32.0 Å². The minimum Gasteiger partial charge on any atom is -0.462 e. The molecular formula is C18H22N2O4S. The minimum absolute atomic E-state index is 0.00648. The van der Waals surface area contributed by atoms with Gasteiger partial charge < -0.3 is 9.72 Å². The summed E-state index contributed by atoms with van der Waals surface area (Å²) in [7, 11) is -3.90. The maximum Gasteiger partial charge on any atom is 0.341 e. The minimum atomic E-state index is -3.90. The van der Waals surface area contributed by atoms with Crippen LogP contribution in [0.3, 0.4) is 0 Å². The van der Waals surface area contributed by atoms with Crippen LogP contribution in [0.15, 0.2) is 29.2 Å². The van der Waals surface area contributed by atoms with Crippen LogP contribution in [0.2, 0.25) is 0 Å². The normalized spacial score (nSPS) is 16.8. The molecule has 1 aliphatic heterocycles. The SMILES string of the molecule is CCOC(=O)c1c(C)[nH]c(C)c1S(=O)(=O)N1c2ccccc2C[C@H]1C. The van der Waals surface area contributed by atoms with Crippen LogP contribution < -0.4 is 4.31 Å². The molecule has 2 aromatic rings. The van der Waals surface area contributed by atoms with E-state index in [0.29, 0.717) is 23.5 Å². The number of sulfonamides is 1. The van der Waals surface area contributed by atoms with Gasteiger partial charge in [0.1, 0.15) is 10.5 Å². The molecule has 0 fully saturated rings. The van der Waals surface area contributed by atoms with Crippen LogP contribution >= 0.6 is 0 Å². The van der Waals surface area contributed by atoms with E-state index in [0.717, 1.165) is 5.56 Å². The van der Waals surface area contributed by atoms with Crippen LogP contribution in [0.25, 0.3) is 0 Å². The standard InChI is InChI=1S/C18H22N2O4S/c1-5-24-18(21)16-12(3)19-13(4)17(16)25(22,23)20-11(2)10-14-8-6-7-9-15(14)20/h6-9,11,19H,5,10H2,1-4H3/t11-/m1/s1. The van der Waals surface area contributed by atoms with Crippen molar-refractivity contribution in [1.82, 2.24) is 4.98 Å². The number of esters is 1. The highest BCUT2D eigenvalue weighted by Crippen LogP contribution is 2.38. The summed E-state index contributed by atoms with van der Waals surface area (Å²) in [5.41, 5.74) is 2.69. The second kappa shape index (κ2) is 6.22. The molecule has 0 radical (unpaired) electrons. The van der Waals surface area contributed by atoms with Gasteiger partial charge in [0.05, 0.1) is 12.3 Å². The van der Waals surface area contributed by atoms with E-state index >= 15 is 0 Å². The van der Waals surface area contributed by atoms with E-state index in [2.05, 4.69) is 4.98 Å². The summed E-state index contributed by atoms with van der Waals surface area (Å²) in [6, 6.07) is 7.24. The molecule has 134 valence electrons. The molecule has 1 atom stereocenters.